The van der Waals surface area contributed by atoms with Gasteiger partial charge in [0.1, 0.15) is 0 Å². The number of hydrogen-bond donors (Lipinski definition) is 1. The van der Waals surface area contributed by atoms with Gasteiger partial charge in [-0.05, 0) is 62.2 Å². The Morgan fingerprint density at radius 3 is 2.48 bits per heavy atom. The van der Waals surface area contributed by atoms with Gasteiger partial charge in [0.25, 0.3) is 0 Å². The van der Waals surface area contributed by atoms with Gasteiger partial charge in [-0.15, -0.1) is 0 Å². The molecule has 120 valence electrons. The summed E-state index contributed by atoms with van der Waals surface area (Å²) in [6, 6.07) is 0.370. The molecular formula is C18H32N2O. The van der Waals surface area contributed by atoms with E-state index in [1.165, 1.54) is 32.1 Å². The van der Waals surface area contributed by atoms with Crippen LogP contribution in [0.2, 0.25) is 0 Å². The van der Waals surface area contributed by atoms with Crippen molar-refractivity contribution in [3.8, 4) is 0 Å². The third-order valence-corrected chi connectivity index (χ3v) is 6.16. The van der Waals surface area contributed by atoms with Crippen LogP contribution in [0.15, 0.2) is 0 Å². The number of amides is 1. The first-order valence-electron chi connectivity index (χ1n) is 9.09. The van der Waals surface area contributed by atoms with Gasteiger partial charge in [-0.25, -0.2) is 0 Å². The van der Waals surface area contributed by atoms with Crippen LogP contribution in [0, 0.1) is 29.6 Å². The van der Waals surface area contributed by atoms with Gasteiger partial charge in [-0.1, -0.05) is 20.3 Å². The van der Waals surface area contributed by atoms with E-state index in [1.54, 1.807) is 0 Å². The molecule has 3 aliphatic rings. The minimum absolute atomic E-state index is 0.276. The minimum Gasteiger partial charge on any atom is -0.342 e. The SMILES string of the molecule is CC(C)CC1CCN(C(=O)C2CC3CCCC(C2)C3N)C1. The van der Waals surface area contributed by atoms with Crippen molar-refractivity contribution in [1.82, 2.24) is 4.90 Å². The molecule has 2 saturated carbocycles. The lowest BCUT2D eigenvalue weighted by atomic mass is 9.65. The number of rotatable bonds is 3. The molecule has 2 N–H and O–H groups in total. The monoisotopic (exact) mass is 292 g/mol. The van der Waals surface area contributed by atoms with Crippen molar-refractivity contribution in [2.75, 3.05) is 13.1 Å². The van der Waals surface area contributed by atoms with E-state index in [1.807, 2.05) is 0 Å². The lowest BCUT2D eigenvalue weighted by Crippen LogP contribution is -2.49. The standard InChI is InChI=1S/C18H32N2O/c1-12(2)8-13-6-7-20(11-13)18(21)16-9-14-4-3-5-15(10-16)17(14)19/h12-17H,3-11,19H2,1-2H3. The normalized spacial score (nSPS) is 39.8. The highest BCUT2D eigenvalue weighted by atomic mass is 16.2. The maximum absolute atomic E-state index is 12.9. The molecule has 2 bridgehead atoms. The number of carbonyl (C=O) groups is 1. The Morgan fingerprint density at radius 2 is 1.86 bits per heavy atom. The molecule has 1 heterocycles. The molecule has 3 atom stereocenters. The van der Waals surface area contributed by atoms with Crippen molar-refractivity contribution in [3.63, 3.8) is 0 Å². The average molecular weight is 292 g/mol. The third-order valence-electron chi connectivity index (χ3n) is 6.16. The van der Waals surface area contributed by atoms with Crippen molar-refractivity contribution in [2.45, 2.75) is 64.8 Å². The highest BCUT2D eigenvalue weighted by Crippen LogP contribution is 2.42. The summed E-state index contributed by atoms with van der Waals surface area (Å²) in [5, 5.41) is 0. The summed E-state index contributed by atoms with van der Waals surface area (Å²) in [7, 11) is 0. The second kappa shape index (κ2) is 6.28. The largest absolute Gasteiger partial charge is 0.342 e. The molecule has 0 spiro atoms. The summed E-state index contributed by atoms with van der Waals surface area (Å²) in [6.45, 7) is 6.57. The van der Waals surface area contributed by atoms with E-state index in [0.717, 1.165) is 37.8 Å². The molecular weight excluding hydrogens is 260 g/mol. The third kappa shape index (κ3) is 3.28. The summed E-state index contributed by atoms with van der Waals surface area (Å²) in [4.78, 5) is 15.0. The van der Waals surface area contributed by atoms with Crippen molar-refractivity contribution in [1.29, 1.82) is 0 Å². The molecule has 1 amide bonds. The van der Waals surface area contributed by atoms with Crippen LogP contribution in [-0.4, -0.2) is 29.9 Å². The maximum atomic E-state index is 12.9. The first-order chi connectivity index (χ1) is 10.0. The fourth-order valence-corrected chi connectivity index (χ4v) is 5.14. The van der Waals surface area contributed by atoms with Gasteiger partial charge in [0.15, 0.2) is 0 Å². The predicted octanol–water partition coefficient (Wildman–Crippen LogP) is 3.03. The highest BCUT2D eigenvalue weighted by Gasteiger charge is 2.42. The van der Waals surface area contributed by atoms with Crippen LogP contribution in [-0.2, 0) is 4.79 Å². The molecule has 3 heteroatoms. The van der Waals surface area contributed by atoms with Gasteiger partial charge in [0.2, 0.25) is 5.91 Å². The Morgan fingerprint density at radius 1 is 1.19 bits per heavy atom. The van der Waals surface area contributed by atoms with E-state index >= 15 is 0 Å². The lowest BCUT2D eigenvalue weighted by molar-refractivity contribution is -0.137. The molecule has 0 radical (unpaired) electrons. The van der Waals surface area contributed by atoms with E-state index in [2.05, 4.69) is 18.7 Å². The number of fused-ring (bicyclic) bond motifs is 2. The molecule has 1 aliphatic heterocycles. The van der Waals surface area contributed by atoms with E-state index in [0.29, 0.717) is 23.8 Å². The van der Waals surface area contributed by atoms with E-state index in [4.69, 9.17) is 5.73 Å². The van der Waals surface area contributed by atoms with Gasteiger partial charge in [0.05, 0.1) is 0 Å². The van der Waals surface area contributed by atoms with Crippen LogP contribution in [0.4, 0.5) is 0 Å². The highest BCUT2D eigenvalue weighted by molar-refractivity contribution is 5.79. The lowest BCUT2D eigenvalue weighted by Gasteiger charge is -2.44. The van der Waals surface area contributed by atoms with Gasteiger partial charge < -0.3 is 10.6 Å². The molecule has 1 saturated heterocycles. The van der Waals surface area contributed by atoms with Crippen LogP contribution in [0.25, 0.3) is 0 Å². The topological polar surface area (TPSA) is 46.3 Å². The first-order valence-corrected chi connectivity index (χ1v) is 9.09. The fourth-order valence-electron chi connectivity index (χ4n) is 5.14. The Labute approximate surface area is 129 Å². The van der Waals surface area contributed by atoms with E-state index in [9.17, 15) is 4.79 Å². The van der Waals surface area contributed by atoms with Gasteiger partial charge in [-0.2, -0.15) is 0 Å². The molecule has 3 rings (SSSR count). The van der Waals surface area contributed by atoms with Crippen molar-refractivity contribution in [2.24, 2.45) is 35.3 Å². The van der Waals surface area contributed by atoms with Crippen LogP contribution >= 0.6 is 0 Å². The van der Waals surface area contributed by atoms with Crippen LogP contribution < -0.4 is 5.73 Å². The Kier molecular flexibility index (Phi) is 4.58. The summed E-state index contributed by atoms with van der Waals surface area (Å²) >= 11 is 0. The Hall–Kier alpha value is -0.570. The molecule has 0 aromatic carbocycles. The molecule has 0 aromatic heterocycles. The number of carbonyl (C=O) groups excluding carboxylic acids is 1. The Bertz CT molecular complexity index is 367. The summed E-state index contributed by atoms with van der Waals surface area (Å²) in [5.74, 6) is 3.43. The van der Waals surface area contributed by atoms with Crippen molar-refractivity contribution in [3.05, 3.63) is 0 Å². The van der Waals surface area contributed by atoms with E-state index in [-0.39, 0.29) is 5.92 Å². The summed E-state index contributed by atoms with van der Waals surface area (Å²) < 4.78 is 0. The Balaban J connectivity index is 1.56. The maximum Gasteiger partial charge on any atom is 0.225 e. The van der Waals surface area contributed by atoms with Crippen molar-refractivity contribution < 1.29 is 4.79 Å². The second-order valence-electron chi connectivity index (χ2n) is 8.27. The molecule has 3 unspecified atom stereocenters. The number of nitrogens with zero attached hydrogens (tertiary/aromatic N) is 1. The zero-order valence-electron chi connectivity index (χ0n) is 13.8. The molecule has 0 aromatic rings. The van der Waals surface area contributed by atoms with Gasteiger partial charge in [0, 0.05) is 25.0 Å². The fraction of sp³-hybridized carbons (Fsp3) is 0.944. The molecule has 3 nitrogen and oxygen atoms in total. The van der Waals surface area contributed by atoms with Gasteiger partial charge in [-0.3, -0.25) is 4.79 Å². The zero-order valence-corrected chi connectivity index (χ0v) is 13.8. The molecule has 21 heavy (non-hydrogen) atoms. The van der Waals surface area contributed by atoms with Crippen LogP contribution in [0.1, 0.15) is 58.8 Å². The second-order valence-corrected chi connectivity index (χ2v) is 8.27. The zero-order chi connectivity index (χ0) is 15.0. The number of nitrogens with two attached hydrogens (primary N) is 1. The summed E-state index contributed by atoms with van der Waals surface area (Å²) in [5.41, 5.74) is 6.35. The minimum atomic E-state index is 0.276. The first kappa shape index (κ1) is 15.3. The molecule has 2 aliphatic carbocycles. The van der Waals surface area contributed by atoms with Gasteiger partial charge >= 0.3 is 0 Å². The number of likely N-dealkylation sites (tertiary alicyclic amines) is 1. The predicted molar refractivity (Wildman–Crippen MR) is 85.7 cm³/mol. The van der Waals surface area contributed by atoms with Crippen molar-refractivity contribution >= 4 is 5.91 Å². The quantitative estimate of drug-likeness (QED) is 0.869. The smallest absolute Gasteiger partial charge is 0.225 e. The number of hydrogen-bond acceptors (Lipinski definition) is 2. The summed E-state index contributed by atoms with van der Waals surface area (Å²) in [6.07, 6.45) is 8.41. The molecule has 3 fully saturated rings. The van der Waals surface area contributed by atoms with Crippen LogP contribution in [0.5, 0.6) is 0 Å². The van der Waals surface area contributed by atoms with E-state index < -0.39 is 0 Å². The average Bonchev–Trinajstić information content (AvgIpc) is 2.85. The van der Waals surface area contributed by atoms with Crippen LogP contribution in [0.3, 0.4) is 0 Å².